The van der Waals surface area contributed by atoms with Crippen LogP contribution < -0.4 is 5.32 Å². The summed E-state index contributed by atoms with van der Waals surface area (Å²) in [6.07, 6.45) is 0.656. The van der Waals surface area contributed by atoms with E-state index in [2.05, 4.69) is 20.5 Å². The summed E-state index contributed by atoms with van der Waals surface area (Å²) in [6, 6.07) is 15.5. The number of nitrogens with zero attached hydrogens (tertiary/aromatic N) is 3. The predicted octanol–water partition coefficient (Wildman–Crippen LogP) is 5.05. The molecule has 0 radical (unpaired) electrons. The molecular formula is C22H20N4O2S. The third kappa shape index (κ3) is 4.75. The highest BCUT2D eigenvalue weighted by molar-refractivity contribution is 7.09. The van der Waals surface area contributed by atoms with Crippen LogP contribution in [0.1, 0.15) is 22.9 Å². The van der Waals surface area contributed by atoms with Gasteiger partial charge in [-0.1, -0.05) is 29.8 Å². The van der Waals surface area contributed by atoms with Crippen molar-refractivity contribution in [1.29, 1.82) is 0 Å². The minimum atomic E-state index is -0.0997. The average molecular weight is 404 g/mol. The predicted molar refractivity (Wildman–Crippen MR) is 114 cm³/mol. The molecule has 0 bridgehead atoms. The first-order chi connectivity index (χ1) is 14.1. The molecule has 1 amide bonds. The minimum absolute atomic E-state index is 0.0997. The quantitative estimate of drug-likeness (QED) is 0.486. The van der Waals surface area contributed by atoms with Crippen molar-refractivity contribution in [2.24, 2.45) is 0 Å². The summed E-state index contributed by atoms with van der Waals surface area (Å²) in [7, 11) is 0. The van der Waals surface area contributed by atoms with Crippen molar-refractivity contribution >= 4 is 22.9 Å². The first-order valence-corrected chi connectivity index (χ1v) is 10.2. The summed E-state index contributed by atoms with van der Waals surface area (Å²) < 4.78 is 5.67. The van der Waals surface area contributed by atoms with Gasteiger partial charge in [-0.15, -0.1) is 21.5 Å². The molecule has 0 unspecified atom stereocenters. The summed E-state index contributed by atoms with van der Waals surface area (Å²) in [4.78, 5) is 16.7. The molecule has 0 saturated heterocycles. The number of amides is 1. The van der Waals surface area contributed by atoms with E-state index >= 15 is 0 Å². The maximum absolute atomic E-state index is 12.2. The fourth-order valence-corrected chi connectivity index (χ4v) is 3.45. The summed E-state index contributed by atoms with van der Waals surface area (Å²) in [5, 5.41) is 14.1. The molecule has 7 heteroatoms. The number of hydrogen-bond donors (Lipinski definition) is 1. The molecule has 0 spiro atoms. The van der Waals surface area contributed by atoms with E-state index in [4.69, 9.17) is 4.42 Å². The van der Waals surface area contributed by atoms with Crippen LogP contribution in [0.25, 0.3) is 22.7 Å². The van der Waals surface area contributed by atoms with E-state index in [9.17, 15) is 4.79 Å². The van der Waals surface area contributed by atoms with E-state index in [1.165, 1.54) is 5.56 Å². The molecule has 1 N–H and O–H groups in total. The first kappa shape index (κ1) is 19.0. The Balaban J connectivity index is 1.31. The number of benzene rings is 2. The highest BCUT2D eigenvalue weighted by Gasteiger charge is 2.11. The van der Waals surface area contributed by atoms with Crippen LogP contribution in [0.5, 0.6) is 0 Å². The normalized spacial score (nSPS) is 10.8. The SMILES string of the molecule is Cc1ccc(-c2nnc(CCC(=O)Nc3ccc(-c4csc(C)n4)cc3)o2)cc1. The summed E-state index contributed by atoms with van der Waals surface area (Å²) in [5.74, 6) is 0.815. The second kappa shape index (κ2) is 8.36. The Labute approximate surface area is 172 Å². The van der Waals surface area contributed by atoms with Crippen LogP contribution in [0.4, 0.5) is 5.69 Å². The molecule has 0 aliphatic carbocycles. The lowest BCUT2D eigenvalue weighted by Crippen LogP contribution is -2.12. The first-order valence-electron chi connectivity index (χ1n) is 9.29. The Morgan fingerprint density at radius 1 is 1.00 bits per heavy atom. The van der Waals surface area contributed by atoms with Gasteiger partial charge < -0.3 is 9.73 Å². The standard InChI is InChI=1S/C22H20N4O2S/c1-14-3-5-17(6-4-14)22-26-25-21(28-22)12-11-20(27)24-18-9-7-16(8-10-18)19-13-29-15(2)23-19/h3-10,13H,11-12H2,1-2H3,(H,24,27). The monoisotopic (exact) mass is 404 g/mol. The largest absolute Gasteiger partial charge is 0.421 e. The van der Waals surface area contributed by atoms with Crippen molar-refractivity contribution in [2.75, 3.05) is 5.32 Å². The molecule has 0 saturated carbocycles. The van der Waals surface area contributed by atoms with E-state index in [1.807, 2.05) is 67.8 Å². The van der Waals surface area contributed by atoms with E-state index < -0.39 is 0 Å². The van der Waals surface area contributed by atoms with Gasteiger partial charge in [0.05, 0.1) is 10.7 Å². The molecule has 0 aliphatic rings. The lowest BCUT2D eigenvalue weighted by Gasteiger charge is -2.05. The molecule has 29 heavy (non-hydrogen) atoms. The van der Waals surface area contributed by atoms with Crippen molar-refractivity contribution in [1.82, 2.24) is 15.2 Å². The minimum Gasteiger partial charge on any atom is -0.421 e. The third-order valence-electron chi connectivity index (χ3n) is 4.41. The average Bonchev–Trinajstić information content (AvgIpc) is 3.37. The van der Waals surface area contributed by atoms with Crippen LogP contribution in [-0.4, -0.2) is 21.1 Å². The highest BCUT2D eigenvalue weighted by atomic mass is 32.1. The lowest BCUT2D eigenvalue weighted by atomic mass is 10.1. The van der Waals surface area contributed by atoms with E-state index in [0.717, 1.165) is 27.5 Å². The van der Waals surface area contributed by atoms with Gasteiger partial charge in [0.1, 0.15) is 0 Å². The fourth-order valence-electron chi connectivity index (χ4n) is 2.83. The second-order valence-electron chi connectivity index (χ2n) is 6.74. The number of thiazole rings is 1. The van der Waals surface area contributed by atoms with Crippen molar-refractivity contribution < 1.29 is 9.21 Å². The molecule has 2 aromatic carbocycles. The molecule has 0 atom stereocenters. The van der Waals surface area contributed by atoms with Crippen LogP contribution in [-0.2, 0) is 11.2 Å². The number of anilines is 1. The second-order valence-corrected chi connectivity index (χ2v) is 7.81. The van der Waals surface area contributed by atoms with Gasteiger partial charge in [-0.05, 0) is 38.1 Å². The van der Waals surface area contributed by atoms with E-state index in [1.54, 1.807) is 11.3 Å². The van der Waals surface area contributed by atoms with Crippen LogP contribution in [0.3, 0.4) is 0 Å². The topological polar surface area (TPSA) is 80.9 Å². The van der Waals surface area contributed by atoms with Gasteiger partial charge in [-0.25, -0.2) is 4.98 Å². The molecule has 2 heterocycles. The highest BCUT2D eigenvalue weighted by Crippen LogP contribution is 2.23. The van der Waals surface area contributed by atoms with Gasteiger partial charge >= 0.3 is 0 Å². The van der Waals surface area contributed by atoms with Crippen LogP contribution in [0.15, 0.2) is 58.3 Å². The number of aryl methyl sites for hydroxylation is 3. The zero-order chi connectivity index (χ0) is 20.2. The summed E-state index contributed by atoms with van der Waals surface area (Å²) >= 11 is 1.62. The number of nitrogens with one attached hydrogen (secondary N) is 1. The van der Waals surface area contributed by atoms with Gasteiger partial charge in [-0.3, -0.25) is 4.79 Å². The summed E-state index contributed by atoms with van der Waals surface area (Å²) in [5.41, 5.74) is 4.76. The van der Waals surface area contributed by atoms with Gasteiger partial charge in [0, 0.05) is 35.0 Å². The Kier molecular flexibility index (Phi) is 5.48. The van der Waals surface area contributed by atoms with Crippen LogP contribution in [0, 0.1) is 13.8 Å². The Hall–Kier alpha value is -3.32. The van der Waals surface area contributed by atoms with Crippen LogP contribution in [0.2, 0.25) is 0 Å². The van der Waals surface area contributed by atoms with E-state index in [-0.39, 0.29) is 12.3 Å². The Bertz CT molecular complexity index is 1110. The molecule has 4 rings (SSSR count). The molecule has 6 nitrogen and oxygen atoms in total. The van der Waals surface area contributed by atoms with Gasteiger partial charge in [0.2, 0.25) is 17.7 Å². The maximum atomic E-state index is 12.2. The van der Waals surface area contributed by atoms with Crippen LogP contribution >= 0.6 is 11.3 Å². The van der Waals surface area contributed by atoms with E-state index in [0.29, 0.717) is 18.2 Å². The number of carbonyl (C=O) groups is 1. The number of hydrogen-bond acceptors (Lipinski definition) is 6. The molecule has 4 aromatic rings. The lowest BCUT2D eigenvalue weighted by molar-refractivity contribution is -0.116. The zero-order valence-corrected chi connectivity index (χ0v) is 17.0. The van der Waals surface area contributed by atoms with Crippen molar-refractivity contribution in [3.63, 3.8) is 0 Å². The van der Waals surface area contributed by atoms with Crippen molar-refractivity contribution in [3.8, 4) is 22.7 Å². The number of carbonyl (C=O) groups excluding carboxylic acids is 1. The molecule has 0 aliphatic heterocycles. The number of rotatable bonds is 6. The van der Waals surface area contributed by atoms with Crippen molar-refractivity contribution in [3.05, 3.63) is 70.4 Å². The molecular weight excluding hydrogens is 384 g/mol. The fraction of sp³-hybridized carbons (Fsp3) is 0.182. The summed E-state index contributed by atoms with van der Waals surface area (Å²) in [6.45, 7) is 4.00. The maximum Gasteiger partial charge on any atom is 0.247 e. The Morgan fingerprint density at radius 3 is 2.41 bits per heavy atom. The molecule has 146 valence electrons. The van der Waals surface area contributed by atoms with Gasteiger partial charge in [0.25, 0.3) is 0 Å². The molecule has 2 aromatic heterocycles. The third-order valence-corrected chi connectivity index (χ3v) is 5.19. The van der Waals surface area contributed by atoms with Gasteiger partial charge in [0.15, 0.2) is 0 Å². The Morgan fingerprint density at radius 2 is 1.72 bits per heavy atom. The smallest absolute Gasteiger partial charge is 0.247 e. The van der Waals surface area contributed by atoms with Crippen molar-refractivity contribution in [2.45, 2.75) is 26.7 Å². The molecule has 0 fully saturated rings. The number of aromatic nitrogens is 3. The van der Waals surface area contributed by atoms with Gasteiger partial charge in [-0.2, -0.15) is 0 Å². The zero-order valence-electron chi connectivity index (χ0n) is 16.2.